The van der Waals surface area contributed by atoms with Crippen molar-refractivity contribution >= 4 is 11.3 Å². The molecule has 0 unspecified atom stereocenters. The topological polar surface area (TPSA) is 24.9 Å². The SMILES string of the molecule is CCc1ccccc1-c1ncc(CNC2CC2)s1. The minimum absolute atomic E-state index is 0.762. The number of rotatable bonds is 5. The third-order valence-corrected chi connectivity index (χ3v) is 4.36. The Morgan fingerprint density at radius 2 is 2.17 bits per heavy atom. The highest BCUT2D eigenvalue weighted by Crippen LogP contribution is 2.29. The molecule has 0 spiro atoms. The third-order valence-electron chi connectivity index (χ3n) is 3.32. The lowest BCUT2D eigenvalue weighted by Crippen LogP contribution is -2.14. The van der Waals surface area contributed by atoms with Gasteiger partial charge in [-0.15, -0.1) is 11.3 Å². The molecule has 1 aliphatic carbocycles. The molecule has 1 heterocycles. The summed E-state index contributed by atoms with van der Waals surface area (Å²) in [6, 6.07) is 9.33. The van der Waals surface area contributed by atoms with Crippen LogP contribution >= 0.6 is 11.3 Å². The molecule has 1 aliphatic rings. The number of nitrogens with one attached hydrogen (secondary N) is 1. The van der Waals surface area contributed by atoms with Gasteiger partial charge in [-0.05, 0) is 24.8 Å². The first-order chi connectivity index (χ1) is 8.86. The van der Waals surface area contributed by atoms with E-state index in [1.807, 2.05) is 17.5 Å². The summed E-state index contributed by atoms with van der Waals surface area (Å²) in [5, 5.41) is 4.69. The lowest BCUT2D eigenvalue weighted by Gasteiger charge is -2.03. The maximum absolute atomic E-state index is 4.57. The van der Waals surface area contributed by atoms with Gasteiger partial charge < -0.3 is 5.32 Å². The summed E-state index contributed by atoms with van der Waals surface area (Å²) < 4.78 is 0. The Bertz CT molecular complexity index is 529. The van der Waals surface area contributed by atoms with Crippen molar-refractivity contribution in [3.63, 3.8) is 0 Å². The van der Waals surface area contributed by atoms with Crippen molar-refractivity contribution in [2.24, 2.45) is 0 Å². The van der Waals surface area contributed by atoms with Crippen molar-refractivity contribution in [1.29, 1.82) is 0 Å². The summed E-state index contributed by atoms with van der Waals surface area (Å²) in [6.45, 7) is 3.17. The number of hydrogen-bond acceptors (Lipinski definition) is 3. The van der Waals surface area contributed by atoms with E-state index >= 15 is 0 Å². The average molecular weight is 258 g/mol. The van der Waals surface area contributed by atoms with Crippen molar-refractivity contribution in [3.8, 4) is 10.6 Å². The van der Waals surface area contributed by atoms with Gasteiger partial charge in [0.05, 0.1) is 0 Å². The summed E-state index contributed by atoms with van der Waals surface area (Å²) in [7, 11) is 0. The molecule has 0 atom stereocenters. The maximum atomic E-state index is 4.57. The Labute approximate surface area is 112 Å². The first kappa shape index (κ1) is 11.9. The minimum Gasteiger partial charge on any atom is -0.309 e. The molecule has 0 aliphatic heterocycles. The molecule has 0 bridgehead atoms. The van der Waals surface area contributed by atoms with E-state index in [2.05, 4.69) is 41.5 Å². The van der Waals surface area contributed by atoms with Crippen LogP contribution in [-0.2, 0) is 13.0 Å². The number of thiazole rings is 1. The summed E-state index contributed by atoms with van der Waals surface area (Å²) in [6.07, 6.45) is 5.75. The third kappa shape index (κ3) is 2.62. The Balaban J connectivity index is 1.78. The predicted molar refractivity (Wildman–Crippen MR) is 76.8 cm³/mol. The Hall–Kier alpha value is -1.19. The van der Waals surface area contributed by atoms with E-state index in [-0.39, 0.29) is 0 Å². The highest BCUT2D eigenvalue weighted by molar-refractivity contribution is 7.15. The molecule has 2 aromatic rings. The van der Waals surface area contributed by atoms with Gasteiger partial charge in [0.15, 0.2) is 0 Å². The molecule has 0 radical (unpaired) electrons. The minimum atomic E-state index is 0.762. The molecule has 3 rings (SSSR count). The van der Waals surface area contributed by atoms with E-state index in [1.165, 1.54) is 28.8 Å². The molecule has 1 aromatic heterocycles. The zero-order valence-corrected chi connectivity index (χ0v) is 11.5. The molecule has 1 fully saturated rings. The van der Waals surface area contributed by atoms with Crippen LogP contribution in [0, 0.1) is 0 Å². The largest absolute Gasteiger partial charge is 0.309 e. The molecule has 0 amide bonds. The van der Waals surface area contributed by atoms with Gasteiger partial charge >= 0.3 is 0 Å². The molecule has 3 heteroatoms. The van der Waals surface area contributed by atoms with Crippen LogP contribution in [0.25, 0.3) is 10.6 Å². The van der Waals surface area contributed by atoms with Crippen LogP contribution in [0.1, 0.15) is 30.2 Å². The van der Waals surface area contributed by atoms with Gasteiger partial charge in [-0.2, -0.15) is 0 Å². The Morgan fingerprint density at radius 3 is 2.94 bits per heavy atom. The lowest BCUT2D eigenvalue weighted by atomic mass is 10.1. The van der Waals surface area contributed by atoms with Crippen LogP contribution in [0.15, 0.2) is 30.5 Å². The Kier molecular flexibility index (Phi) is 3.43. The molecule has 1 aromatic carbocycles. The Morgan fingerprint density at radius 1 is 1.33 bits per heavy atom. The van der Waals surface area contributed by atoms with E-state index in [4.69, 9.17) is 0 Å². The van der Waals surface area contributed by atoms with Crippen molar-refractivity contribution in [3.05, 3.63) is 40.9 Å². The number of aromatic nitrogens is 1. The van der Waals surface area contributed by atoms with Crippen LogP contribution in [0.4, 0.5) is 0 Å². The van der Waals surface area contributed by atoms with Crippen LogP contribution in [-0.4, -0.2) is 11.0 Å². The maximum Gasteiger partial charge on any atom is 0.123 e. The molecular weight excluding hydrogens is 240 g/mol. The zero-order chi connectivity index (χ0) is 12.4. The standard InChI is InChI=1S/C15H18N2S/c1-2-11-5-3-4-6-14(11)15-17-10-13(18-15)9-16-12-7-8-12/h3-6,10,12,16H,2,7-9H2,1H3. The van der Waals surface area contributed by atoms with Crippen molar-refractivity contribution < 1.29 is 0 Å². The molecule has 0 saturated heterocycles. The summed E-state index contributed by atoms with van der Waals surface area (Å²) in [4.78, 5) is 5.91. The van der Waals surface area contributed by atoms with Crippen LogP contribution in [0.3, 0.4) is 0 Å². The average Bonchev–Trinajstić information content (AvgIpc) is 3.13. The fourth-order valence-electron chi connectivity index (χ4n) is 2.08. The number of hydrogen-bond donors (Lipinski definition) is 1. The van der Waals surface area contributed by atoms with Gasteiger partial charge in [-0.25, -0.2) is 4.98 Å². The monoisotopic (exact) mass is 258 g/mol. The summed E-state index contributed by atoms with van der Waals surface area (Å²) in [5.41, 5.74) is 2.68. The van der Waals surface area contributed by atoms with E-state index in [0.717, 1.165) is 24.0 Å². The van der Waals surface area contributed by atoms with Gasteiger partial charge in [0.1, 0.15) is 5.01 Å². The first-order valence-electron chi connectivity index (χ1n) is 6.63. The first-order valence-corrected chi connectivity index (χ1v) is 7.45. The van der Waals surface area contributed by atoms with E-state index in [0.29, 0.717) is 0 Å². The smallest absolute Gasteiger partial charge is 0.123 e. The van der Waals surface area contributed by atoms with Crippen LogP contribution < -0.4 is 5.32 Å². The second-order valence-electron chi connectivity index (χ2n) is 4.80. The molecule has 1 N–H and O–H groups in total. The quantitative estimate of drug-likeness (QED) is 0.886. The van der Waals surface area contributed by atoms with E-state index in [1.54, 1.807) is 0 Å². The molecule has 2 nitrogen and oxygen atoms in total. The van der Waals surface area contributed by atoms with Crippen molar-refractivity contribution in [2.45, 2.75) is 38.8 Å². The highest BCUT2D eigenvalue weighted by atomic mass is 32.1. The van der Waals surface area contributed by atoms with Crippen LogP contribution in [0.2, 0.25) is 0 Å². The molecular formula is C15H18N2S. The van der Waals surface area contributed by atoms with E-state index in [9.17, 15) is 0 Å². The zero-order valence-electron chi connectivity index (χ0n) is 10.6. The second-order valence-corrected chi connectivity index (χ2v) is 5.91. The fourth-order valence-corrected chi connectivity index (χ4v) is 3.01. The van der Waals surface area contributed by atoms with Crippen molar-refractivity contribution in [2.75, 3.05) is 0 Å². The highest BCUT2D eigenvalue weighted by Gasteiger charge is 2.20. The lowest BCUT2D eigenvalue weighted by molar-refractivity contribution is 0.694. The molecule has 94 valence electrons. The molecule has 18 heavy (non-hydrogen) atoms. The van der Waals surface area contributed by atoms with Gasteiger partial charge in [0, 0.05) is 29.2 Å². The van der Waals surface area contributed by atoms with Gasteiger partial charge in [-0.3, -0.25) is 0 Å². The molecule has 1 saturated carbocycles. The van der Waals surface area contributed by atoms with Gasteiger partial charge in [0.25, 0.3) is 0 Å². The number of nitrogens with zero attached hydrogens (tertiary/aromatic N) is 1. The number of aryl methyl sites for hydroxylation is 1. The van der Waals surface area contributed by atoms with E-state index < -0.39 is 0 Å². The van der Waals surface area contributed by atoms with Crippen LogP contribution in [0.5, 0.6) is 0 Å². The second kappa shape index (κ2) is 5.21. The van der Waals surface area contributed by atoms with Gasteiger partial charge in [0.2, 0.25) is 0 Å². The fraction of sp³-hybridized carbons (Fsp3) is 0.400. The number of benzene rings is 1. The van der Waals surface area contributed by atoms with Crippen molar-refractivity contribution in [1.82, 2.24) is 10.3 Å². The predicted octanol–water partition coefficient (Wildman–Crippen LogP) is 3.62. The normalized spacial score (nSPS) is 14.9. The summed E-state index contributed by atoms with van der Waals surface area (Å²) in [5.74, 6) is 0. The van der Waals surface area contributed by atoms with Gasteiger partial charge in [-0.1, -0.05) is 31.2 Å². The summed E-state index contributed by atoms with van der Waals surface area (Å²) >= 11 is 1.81.